The Morgan fingerprint density at radius 3 is 2.88 bits per heavy atom. The molecule has 3 heteroatoms. The van der Waals surface area contributed by atoms with E-state index < -0.39 is 0 Å². The van der Waals surface area contributed by atoms with E-state index in [1.807, 2.05) is 12.1 Å². The molecule has 0 aromatic heterocycles. The maximum atomic E-state index is 5.95. The van der Waals surface area contributed by atoms with Crippen LogP contribution < -0.4 is 10.1 Å². The molecule has 1 saturated carbocycles. The maximum absolute atomic E-state index is 5.95. The van der Waals surface area contributed by atoms with Crippen molar-refractivity contribution in [3.63, 3.8) is 0 Å². The molecule has 3 unspecified atom stereocenters. The van der Waals surface area contributed by atoms with Gasteiger partial charge in [-0.25, -0.2) is 0 Å². The van der Waals surface area contributed by atoms with Crippen molar-refractivity contribution in [2.24, 2.45) is 0 Å². The molecule has 0 radical (unpaired) electrons. The van der Waals surface area contributed by atoms with Crippen LogP contribution in [-0.2, 0) is 4.74 Å². The van der Waals surface area contributed by atoms with Crippen molar-refractivity contribution in [3.05, 3.63) is 29.8 Å². The molecule has 1 aromatic carbocycles. The molecule has 0 amide bonds. The van der Waals surface area contributed by atoms with Gasteiger partial charge in [0.25, 0.3) is 0 Å². The van der Waals surface area contributed by atoms with E-state index >= 15 is 0 Å². The molecule has 2 rings (SSSR count). The molecule has 17 heavy (non-hydrogen) atoms. The van der Waals surface area contributed by atoms with Crippen molar-refractivity contribution < 1.29 is 9.47 Å². The fourth-order valence-electron chi connectivity index (χ4n) is 2.34. The second-order valence-electron chi connectivity index (χ2n) is 4.57. The van der Waals surface area contributed by atoms with Crippen molar-refractivity contribution >= 4 is 0 Å². The number of nitrogens with one attached hydrogen (secondary N) is 1. The second-order valence-corrected chi connectivity index (χ2v) is 4.57. The van der Waals surface area contributed by atoms with Gasteiger partial charge in [-0.05, 0) is 31.2 Å². The van der Waals surface area contributed by atoms with Gasteiger partial charge in [0.15, 0.2) is 0 Å². The van der Waals surface area contributed by atoms with Crippen LogP contribution in [0.25, 0.3) is 0 Å². The molecule has 94 valence electrons. The van der Waals surface area contributed by atoms with Crippen molar-refractivity contribution in [2.45, 2.75) is 38.5 Å². The highest BCUT2D eigenvalue weighted by molar-refractivity contribution is 5.28. The van der Waals surface area contributed by atoms with Crippen molar-refractivity contribution in [1.29, 1.82) is 0 Å². The number of hydrogen-bond acceptors (Lipinski definition) is 3. The lowest BCUT2D eigenvalue weighted by Gasteiger charge is -2.43. The molecule has 3 atom stereocenters. The van der Waals surface area contributed by atoms with Gasteiger partial charge < -0.3 is 14.8 Å². The summed E-state index contributed by atoms with van der Waals surface area (Å²) in [5, 5.41) is 3.41. The largest absolute Gasteiger partial charge is 0.488 e. The smallest absolute Gasteiger partial charge is 0.128 e. The first kappa shape index (κ1) is 12.4. The van der Waals surface area contributed by atoms with Gasteiger partial charge in [-0.2, -0.15) is 0 Å². The predicted molar refractivity (Wildman–Crippen MR) is 68.5 cm³/mol. The van der Waals surface area contributed by atoms with Crippen LogP contribution in [0.3, 0.4) is 0 Å². The van der Waals surface area contributed by atoms with Crippen molar-refractivity contribution in [3.8, 4) is 5.75 Å². The average molecular weight is 235 g/mol. The summed E-state index contributed by atoms with van der Waals surface area (Å²) < 4.78 is 11.4. The summed E-state index contributed by atoms with van der Waals surface area (Å²) in [6.45, 7) is 5.16. The Morgan fingerprint density at radius 1 is 1.41 bits per heavy atom. The molecule has 0 saturated heterocycles. The van der Waals surface area contributed by atoms with E-state index in [-0.39, 0.29) is 12.2 Å². The zero-order chi connectivity index (χ0) is 12.3. The van der Waals surface area contributed by atoms with E-state index in [1.54, 1.807) is 7.11 Å². The number of hydrogen-bond donors (Lipinski definition) is 1. The number of aryl methyl sites for hydroxylation is 1. The second kappa shape index (κ2) is 5.52. The lowest BCUT2D eigenvalue weighted by molar-refractivity contribution is -0.0884. The molecule has 1 fully saturated rings. The Hall–Kier alpha value is -1.06. The van der Waals surface area contributed by atoms with Crippen molar-refractivity contribution in [2.75, 3.05) is 13.7 Å². The standard InChI is InChI=1S/C14H21NO2/c1-4-15-12-9-13(14(12)16-3)17-11-7-5-6-10(2)8-11/h5-8,12-15H,4,9H2,1-3H3. The van der Waals surface area contributed by atoms with Gasteiger partial charge in [0.2, 0.25) is 0 Å². The van der Waals surface area contributed by atoms with E-state index in [9.17, 15) is 0 Å². The Morgan fingerprint density at radius 2 is 2.24 bits per heavy atom. The molecule has 3 nitrogen and oxygen atoms in total. The third-order valence-electron chi connectivity index (χ3n) is 3.26. The zero-order valence-electron chi connectivity index (χ0n) is 10.8. The van der Waals surface area contributed by atoms with Crippen LogP contribution in [-0.4, -0.2) is 31.9 Å². The summed E-state index contributed by atoms with van der Waals surface area (Å²) in [7, 11) is 1.75. The fraction of sp³-hybridized carbons (Fsp3) is 0.571. The van der Waals surface area contributed by atoms with E-state index in [0.717, 1.165) is 18.7 Å². The van der Waals surface area contributed by atoms with Crippen LogP contribution in [0, 0.1) is 6.92 Å². The van der Waals surface area contributed by atoms with Gasteiger partial charge in [-0.15, -0.1) is 0 Å². The minimum Gasteiger partial charge on any atom is -0.488 e. The predicted octanol–water partition coefficient (Wildman–Crippen LogP) is 2.14. The minimum absolute atomic E-state index is 0.162. The summed E-state index contributed by atoms with van der Waals surface area (Å²) in [5.74, 6) is 0.937. The molecule has 0 bridgehead atoms. The van der Waals surface area contributed by atoms with Gasteiger partial charge in [-0.1, -0.05) is 19.1 Å². The number of ether oxygens (including phenoxy) is 2. The normalized spacial score (nSPS) is 27.6. The average Bonchev–Trinajstić information content (AvgIpc) is 2.28. The highest BCUT2D eigenvalue weighted by atomic mass is 16.5. The molecule has 0 heterocycles. The molecule has 1 aromatic rings. The van der Waals surface area contributed by atoms with Crippen LogP contribution in [0.5, 0.6) is 5.75 Å². The quantitative estimate of drug-likeness (QED) is 0.848. The lowest BCUT2D eigenvalue weighted by Crippen LogP contribution is -2.60. The van der Waals surface area contributed by atoms with E-state index in [4.69, 9.17) is 9.47 Å². The third kappa shape index (κ3) is 2.79. The van der Waals surface area contributed by atoms with Gasteiger partial charge in [-0.3, -0.25) is 0 Å². The third-order valence-corrected chi connectivity index (χ3v) is 3.26. The molecular weight excluding hydrogens is 214 g/mol. The molecule has 1 N–H and O–H groups in total. The number of rotatable bonds is 5. The maximum Gasteiger partial charge on any atom is 0.128 e. The minimum atomic E-state index is 0.162. The molecule has 1 aliphatic carbocycles. The summed E-state index contributed by atoms with van der Waals surface area (Å²) in [5.41, 5.74) is 1.22. The Labute approximate surface area is 103 Å². The van der Waals surface area contributed by atoms with Gasteiger partial charge >= 0.3 is 0 Å². The summed E-state index contributed by atoms with van der Waals surface area (Å²) in [6, 6.07) is 8.59. The number of benzene rings is 1. The highest BCUT2D eigenvalue weighted by Crippen LogP contribution is 2.28. The van der Waals surface area contributed by atoms with E-state index in [0.29, 0.717) is 6.04 Å². The summed E-state index contributed by atoms with van der Waals surface area (Å²) >= 11 is 0. The monoisotopic (exact) mass is 235 g/mol. The fourth-order valence-corrected chi connectivity index (χ4v) is 2.34. The van der Waals surface area contributed by atoms with Crippen LogP contribution in [0.1, 0.15) is 18.9 Å². The SMILES string of the molecule is CCNC1CC(Oc2cccc(C)c2)C1OC. The van der Waals surface area contributed by atoms with Crippen LogP contribution in [0.15, 0.2) is 24.3 Å². The Balaban J connectivity index is 1.92. The molecular formula is C14H21NO2. The number of methoxy groups -OCH3 is 1. The van der Waals surface area contributed by atoms with Gasteiger partial charge in [0, 0.05) is 19.6 Å². The highest BCUT2D eigenvalue weighted by Gasteiger charge is 2.42. The van der Waals surface area contributed by atoms with Crippen LogP contribution in [0.4, 0.5) is 0 Å². The first-order valence-corrected chi connectivity index (χ1v) is 6.24. The van der Waals surface area contributed by atoms with E-state index in [2.05, 4.69) is 31.3 Å². The van der Waals surface area contributed by atoms with Crippen molar-refractivity contribution in [1.82, 2.24) is 5.32 Å². The molecule has 0 aliphatic heterocycles. The van der Waals surface area contributed by atoms with Gasteiger partial charge in [0.1, 0.15) is 18.0 Å². The zero-order valence-corrected chi connectivity index (χ0v) is 10.8. The Kier molecular flexibility index (Phi) is 4.02. The van der Waals surface area contributed by atoms with Crippen LogP contribution in [0.2, 0.25) is 0 Å². The lowest BCUT2D eigenvalue weighted by atomic mass is 9.85. The Bertz CT molecular complexity index is 367. The van der Waals surface area contributed by atoms with E-state index in [1.165, 1.54) is 5.56 Å². The topological polar surface area (TPSA) is 30.5 Å². The summed E-state index contributed by atoms with van der Waals surface area (Å²) in [6.07, 6.45) is 1.35. The van der Waals surface area contributed by atoms with Gasteiger partial charge in [0.05, 0.1) is 0 Å². The first-order valence-electron chi connectivity index (χ1n) is 6.24. The first-order chi connectivity index (χ1) is 8.24. The summed E-state index contributed by atoms with van der Waals surface area (Å²) in [4.78, 5) is 0. The number of likely N-dealkylation sites (N-methyl/N-ethyl adjacent to an activating group) is 1. The van der Waals surface area contributed by atoms with Crippen LogP contribution >= 0.6 is 0 Å². The molecule has 1 aliphatic rings. The molecule has 0 spiro atoms.